The number of carbonyl (C=O) groups excluding carboxylic acids is 1. The predicted molar refractivity (Wildman–Crippen MR) is 65.0 cm³/mol. The molecule has 0 aromatic carbocycles. The standard InChI is InChI=1S/C12H17NOS/c1-4-5-9(2)12(14)13-8-11-7-6-10(3)15-11/h5-7H,4,8H2,1-3H3,(H,13,14). The SMILES string of the molecule is CCC=C(C)C(=O)NCc1ccc(C)s1. The summed E-state index contributed by atoms with van der Waals surface area (Å²) in [5, 5.41) is 2.90. The van der Waals surface area contributed by atoms with Crippen molar-refractivity contribution in [1.29, 1.82) is 0 Å². The molecule has 1 N–H and O–H groups in total. The molecule has 0 saturated carbocycles. The molecule has 0 saturated heterocycles. The van der Waals surface area contributed by atoms with Crippen molar-refractivity contribution in [2.75, 3.05) is 0 Å². The van der Waals surface area contributed by atoms with Gasteiger partial charge in [-0.3, -0.25) is 4.79 Å². The smallest absolute Gasteiger partial charge is 0.246 e. The first-order valence-corrected chi connectivity index (χ1v) is 5.95. The fourth-order valence-electron chi connectivity index (χ4n) is 1.29. The topological polar surface area (TPSA) is 29.1 Å². The lowest BCUT2D eigenvalue weighted by atomic mass is 10.2. The van der Waals surface area contributed by atoms with E-state index >= 15 is 0 Å². The van der Waals surface area contributed by atoms with E-state index in [1.54, 1.807) is 11.3 Å². The van der Waals surface area contributed by atoms with Gasteiger partial charge in [0.25, 0.3) is 0 Å². The average Bonchev–Trinajstić information content (AvgIpc) is 2.61. The van der Waals surface area contributed by atoms with Crippen LogP contribution in [0.25, 0.3) is 0 Å². The molecule has 3 heteroatoms. The molecule has 1 rings (SSSR count). The number of allylic oxidation sites excluding steroid dienone is 1. The van der Waals surface area contributed by atoms with E-state index in [4.69, 9.17) is 0 Å². The minimum Gasteiger partial charge on any atom is -0.347 e. The minimum atomic E-state index is 0.0305. The van der Waals surface area contributed by atoms with Gasteiger partial charge >= 0.3 is 0 Å². The Morgan fingerprint density at radius 3 is 2.80 bits per heavy atom. The third-order valence-corrected chi connectivity index (χ3v) is 3.09. The summed E-state index contributed by atoms with van der Waals surface area (Å²) in [6.45, 7) is 6.57. The van der Waals surface area contributed by atoms with Crippen LogP contribution in [-0.4, -0.2) is 5.91 Å². The maximum absolute atomic E-state index is 11.5. The van der Waals surface area contributed by atoms with Crippen molar-refractivity contribution >= 4 is 17.2 Å². The molecule has 1 aromatic heterocycles. The summed E-state index contributed by atoms with van der Waals surface area (Å²) >= 11 is 1.72. The number of rotatable bonds is 4. The summed E-state index contributed by atoms with van der Waals surface area (Å²) in [5.74, 6) is 0.0305. The van der Waals surface area contributed by atoms with Crippen LogP contribution in [0.2, 0.25) is 0 Å². The molecule has 1 amide bonds. The zero-order valence-corrected chi connectivity index (χ0v) is 10.3. The summed E-state index contributed by atoms with van der Waals surface area (Å²) in [5.41, 5.74) is 0.797. The van der Waals surface area contributed by atoms with E-state index in [0.717, 1.165) is 12.0 Å². The van der Waals surface area contributed by atoms with Crippen molar-refractivity contribution in [2.24, 2.45) is 0 Å². The zero-order valence-electron chi connectivity index (χ0n) is 9.46. The summed E-state index contributed by atoms with van der Waals surface area (Å²) in [6.07, 6.45) is 2.84. The number of carbonyl (C=O) groups is 1. The predicted octanol–water partition coefficient (Wildman–Crippen LogP) is 3.03. The highest BCUT2D eigenvalue weighted by Crippen LogP contribution is 2.14. The molecule has 0 aliphatic rings. The Labute approximate surface area is 95.0 Å². The third-order valence-electron chi connectivity index (χ3n) is 2.09. The summed E-state index contributed by atoms with van der Waals surface area (Å²) in [6, 6.07) is 4.13. The summed E-state index contributed by atoms with van der Waals surface area (Å²) < 4.78 is 0. The molecule has 1 aromatic rings. The van der Waals surface area contributed by atoms with Gasteiger partial charge < -0.3 is 5.32 Å². The Hall–Kier alpha value is -1.09. The first-order valence-electron chi connectivity index (χ1n) is 5.13. The third kappa shape index (κ3) is 3.88. The van der Waals surface area contributed by atoms with E-state index < -0.39 is 0 Å². The second-order valence-electron chi connectivity index (χ2n) is 3.49. The van der Waals surface area contributed by atoms with Gasteiger partial charge in [-0.2, -0.15) is 0 Å². The van der Waals surface area contributed by atoms with Gasteiger partial charge in [-0.05, 0) is 32.4 Å². The minimum absolute atomic E-state index is 0.0305. The highest BCUT2D eigenvalue weighted by Gasteiger charge is 2.03. The zero-order chi connectivity index (χ0) is 11.3. The molecule has 15 heavy (non-hydrogen) atoms. The number of hydrogen-bond acceptors (Lipinski definition) is 2. The van der Waals surface area contributed by atoms with Crippen LogP contribution in [0.4, 0.5) is 0 Å². The average molecular weight is 223 g/mol. The van der Waals surface area contributed by atoms with E-state index in [1.807, 2.05) is 19.9 Å². The van der Waals surface area contributed by atoms with Crippen LogP contribution in [-0.2, 0) is 11.3 Å². The second kappa shape index (κ2) is 5.71. The first kappa shape index (κ1) is 12.0. The lowest BCUT2D eigenvalue weighted by Gasteiger charge is -2.03. The maximum Gasteiger partial charge on any atom is 0.246 e. The Kier molecular flexibility index (Phi) is 4.56. The summed E-state index contributed by atoms with van der Waals surface area (Å²) in [4.78, 5) is 14.0. The van der Waals surface area contributed by atoms with E-state index in [-0.39, 0.29) is 5.91 Å². The van der Waals surface area contributed by atoms with Crippen LogP contribution >= 0.6 is 11.3 Å². The van der Waals surface area contributed by atoms with Gasteiger partial charge in [-0.25, -0.2) is 0 Å². The lowest BCUT2D eigenvalue weighted by molar-refractivity contribution is -0.117. The van der Waals surface area contributed by atoms with Gasteiger partial charge in [0, 0.05) is 15.3 Å². The molecule has 0 spiro atoms. The van der Waals surface area contributed by atoms with Gasteiger partial charge in [0.15, 0.2) is 0 Å². The van der Waals surface area contributed by atoms with Crippen LogP contribution in [0, 0.1) is 6.92 Å². The van der Waals surface area contributed by atoms with Crippen LogP contribution in [0.5, 0.6) is 0 Å². The fourth-order valence-corrected chi connectivity index (χ4v) is 2.12. The lowest BCUT2D eigenvalue weighted by Crippen LogP contribution is -2.22. The highest BCUT2D eigenvalue weighted by molar-refractivity contribution is 7.11. The Bertz CT molecular complexity index is 365. The van der Waals surface area contributed by atoms with E-state index in [9.17, 15) is 4.79 Å². The molecule has 0 fully saturated rings. The molecule has 0 aliphatic heterocycles. The number of thiophene rings is 1. The molecular formula is C12H17NOS. The normalized spacial score (nSPS) is 11.5. The highest BCUT2D eigenvalue weighted by atomic mass is 32.1. The van der Waals surface area contributed by atoms with E-state index in [2.05, 4.69) is 24.4 Å². The van der Waals surface area contributed by atoms with Crippen molar-refractivity contribution in [3.05, 3.63) is 33.5 Å². The Balaban J connectivity index is 2.44. The largest absolute Gasteiger partial charge is 0.347 e. The van der Waals surface area contributed by atoms with Crippen LogP contribution < -0.4 is 5.32 Å². The van der Waals surface area contributed by atoms with Crippen molar-refractivity contribution in [3.8, 4) is 0 Å². The van der Waals surface area contributed by atoms with Gasteiger partial charge in [0.05, 0.1) is 6.54 Å². The molecule has 1 heterocycles. The molecule has 0 aliphatic carbocycles. The molecule has 82 valence electrons. The monoisotopic (exact) mass is 223 g/mol. The molecule has 2 nitrogen and oxygen atoms in total. The number of nitrogens with one attached hydrogen (secondary N) is 1. The fraction of sp³-hybridized carbons (Fsp3) is 0.417. The quantitative estimate of drug-likeness (QED) is 0.781. The molecule has 0 unspecified atom stereocenters. The van der Waals surface area contributed by atoms with E-state index in [1.165, 1.54) is 9.75 Å². The molecule has 0 bridgehead atoms. The maximum atomic E-state index is 11.5. The van der Waals surface area contributed by atoms with Gasteiger partial charge in [-0.1, -0.05) is 13.0 Å². The number of amides is 1. The number of hydrogen-bond donors (Lipinski definition) is 1. The van der Waals surface area contributed by atoms with Crippen molar-refractivity contribution in [1.82, 2.24) is 5.32 Å². The van der Waals surface area contributed by atoms with Gasteiger partial charge in [0.2, 0.25) is 5.91 Å². The Morgan fingerprint density at radius 1 is 1.53 bits per heavy atom. The van der Waals surface area contributed by atoms with E-state index in [0.29, 0.717) is 6.54 Å². The van der Waals surface area contributed by atoms with Crippen molar-refractivity contribution in [2.45, 2.75) is 33.7 Å². The summed E-state index contributed by atoms with van der Waals surface area (Å²) in [7, 11) is 0. The van der Waals surface area contributed by atoms with Gasteiger partial charge in [-0.15, -0.1) is 11.3 Å². The second-order valence-corrected chi connectivity index (χ2v) is 4.86. The molecule has 0 atom stereocenters. The molecular weight excluding hydrogens is 206 g/mol. The Morgan fingerprint density at radius 2 is 2.27 bits per heavy atom. The van der Waals surface area contributed by atoms with Crippen LogP contribution in [0.15, 0.2) is 23.8 Å². The first-order chi connectivity index (χ1) is 7.13. The van der Waals surface area contributed by atoms with Crippen molar-refractivity contribution in [3.63, 3.8) is 0 Å². The van der Waals surface area contributed by atoms with Crippen LogP contribution in [0.1, 0.15) is 30.0 Å². The van der Waals surface area contributed by atoms with Crippen LogP contribution in [0.3, 0.4) is 0 Å². The number of aryl methyl sites for hydroxylation is 1. The van der Waals surface area contributed by atoms with Gasteiger partial charge in [0.1, 0.15) is 0 Å². The van der Waals surface area contributed by atoms with Crippen molar-refractivity contribution < 1.29 is 4.79 Å². The molecule has 0 radical (unpaired) electrons.